The molecule has 18 heavy (non-hydrogen) atoms. The lowest BCUT2D eigenvalue weighted by Gasteiger charge is -1.97. The molecule has 0 aliphatic carbocycles. The Bertz CT molecular complexity index is 243. The molecule has 0 saturated carbocycles. The zero-order chi connectivity index (χ0) is 12.1. The van der Waals surface area contributed by atoms with Crippen molar-refractivity contribution in [1.82, 2.24) is 18.5 Å². The Morgan fingerprint density at radius 2 is 1.22 bits per heavy atom. The molecule has 0 saturated heterocycles. The molecular formula is C11H27N3O4. The van der Waals surface area contributed by atoms with E-state index in [1.807, 2.05) is 0 Å². The van der Waals surface area contributed by atoms with Crippen LogP contribution >= 0.6 is 0 Å². The van der Waals surface area contributed by atoms with Crippen molar-refractivity contribution in [2.24, 2.45) is 0 Å². The third-order valence-electron chi connectivity index (χ3n) is 1.01. The van der Waals surface area contributed by atoms with Gasteiger partial charge in [-0.3, -0.25) is 0 Å². The molecule has 0 atom stereocenters. The highest BCUT2D eigenvalue weighted by Gasteiger charge is 1.85. The molecule has 0 amide bonds. The van der Waals surface area contributed by atoms with Crippen LogP contribution in [0.1, 0.15) is 24.2 Å². The number of quaternary nitrogens is 3. The smallest absolute Gasteiger partial charge is 0.0715 e. The second-order valence-corrected chi connectivity index (χ2v) is 2.23. The zero-order valence-electron chi connectivity index (χ0n) is 11.9. The molecule has 12 N–H and O–H groups in total. The van der Waals surface area contributed by atoms with Gasteiger partial charge < -0.3 is 38.6 Å². The first-order chi connectivity index (χ1) is 7.13. The maximum atomic E-state index is 10.1. The monoisotopic (exact) mass is 265 g/mol. The van der Waals surface area contributed by atoms with E-state index in [0.29, 0.717) is 0 Å². The highest BCUT2D eigenvalue weighted by molar-refractivity contribution is 5.85. The van der Waals surface area contributed by atoms with Crippen LogP contribution in [0.25, 0.3) is 0 Å². The first kappa shape index (κ1) is 30.0. The molecule has 0 heterocycles. The number of benzene rings is 1. The van der Waals surface area contributed by atoms with E-state index in [9.17, 15) is 9.90 Å². The van der Waals surface area contributed by atoms with Gasteiger partial charge in [0, 0.05) is 0 Å². The maximum absolute atomic E-state index is 10.1. The number of carbonyl (C=O) groups is 1. The van der Waals surface area contributed by atoms with Crippen LogP contribution in [0.15, 0.2) is 30.3 Å². The van der Waals surface area contributed by atoms with Gasteiger partial charge in [-0.2, -0.15) is 0 Å². The molecule has 0 fully saturated rings. The minimum absolute atomic E-state index is 0. The Morgan fingerprint density at radius 3 is 1.39 bits per heavy atom. The minimum atomic E-state index is -1.13. The van der Waals surface area contributed by atoms with E-state index in [4.69, 9.17) is 10.2 Å². The Balaban J connectivity index is -0.0000000549. The van der Waals surface area contributed by atoms with Gasteiger partial charge in [-0.25, -0.2) is 0 Å². The van der Waals surface area contributed by atoms with Crippen LogP contribution in [0, 0.1) is 0 Å². The molecule has 0 aliphatic rings. The van der Waals surface area contributed by atoms with Gasteiger partial charge in [0.2, 0.25) is 0 Å². The lowest BCUT2D eigenvalue weighted by atomic mass is 10.2. The fourth-order valence-electron chi connectivity index (χ4n) is 0.574. The average Bonchev–Trinajstić information content (AvgIpc) is 2.21. The van der Waals surface area contributed by atoms with Crippen LogP contribution in [-0.2, 0) is 0 Å². The van der Waals surface area contributed by atoms with Crippen molar-refractivity contribution in [2.75, 3.05) is 13.2 Å². The quantitative estimate of drug-likeness (QED) is 0.638. The molecule has 1 aromatic carbocycles. The SMILES string of the molecule is CC[O-].CC[O-].O=C([O-])c1ccccc1.[NH4+].[NH4+].[NH4+]. The van der Waals surface area contributed by atoms with E-state index in [-0.39, 0.29) is 37.2 Å². The topological polar surface area (TPSA) is 196 Å². The summed E-state index contributed by atoms with van der Waals surface area (Å²) in [6.07, 6.45) is 0. The van der Waals surface area contributed by atoms with Crippen molar-refractivity contribution >= 4 is 5.97 Å². The van der Waals surface area contributed by atoms with Gasteiger partial charge in [0.05, 0.1) is 5.97 Å². The van der Waals surface area contributed by atoms with Crippen LogP contribution in [0.2, 0.25) is 0 Å². The van der Waals surface area contributed by atoms with Gasteiger partial charge in [-0.1, -0.05) is 44.2 Å². The molecule has 0 bridgehead atoms. The fourth-order valence-corrected chi connectivity index (χ4v) is 0.574. The van der Waals surface area contributed by atoms with Gasteiger partial charge in [-0.15, -0.1) is 13.2 Å². The summed E-state index contributed by atoms with van der Waals surface area (Å²) in [4.78, 5) is 10.1. The van der Waals surface area contributed by atoms with E-state index in [1.54, 1.807) is 32.0 Å². The van der Waals surface area contributed by atoms with E-state index in [0.717, 1.165) is 0 Å². The Morgan fingerprint density at radius 1 is 0.944 bits per heavy atom. The molecule has 0 aromatic heterocycles. The van der Waals surface area contributed by atoms with Gasteiger partial charge in [0.1, 0.15) is 0 Å². The van der Waals surface area contributed by atoms with E-state index >= 15 is 0 Å². The predicted octanol–water partition coefficient (Wildman–Crippen LogP) is -0.0881. The molecule has 7 heteroatoms. The van der Waals surface area contributed by atoms with Crippen molar-refractivity contribution in [2.45, 2.75) is 13.8 Å². The standard InChI is InChI=1S/C7H6O2.2C2H5O.3H3N/c8-7(9)6-4-2-1-3-5-6;2*1-2-3;;;/h1-5H,(H,8,9);2*2H2,1H3;3*1H3/q;2*-1;;;/p+2. The lowest BCUT2D eigenvalue weighted by Crippen LogP contribution is -2.21. The first-order valence-electron chi connectivity index (χ1n) is 4.56. The van der Waals surface area contributed by atoms with Crippen molar-refractivity contribution in [3.8, 4) is 0 Å². The van der Waals surface area contributed by atoms with Gasteiger partial charge >= 0.3 is 0 Å². The van der Waals surface area contributed by atoms with Crippen LogP contribution in [0.3, 0.4) is 0 Å². The summed E-state index contributed by atoms with van der Waals surface area (Å²) < 4.78 is 0. The normalized spacial score (nSPS) is 6.44. The third-order valence-corrected chi connectivity index (χ3v) is 1.01. The highest BCUT2D eigenvalue weighted by Crippen LogP contribution is 1.94. The third kappa shape index (κ3) is 24.0. The highest BCUT2D eigenvalue weighted by atomic mass is 16.4. The Kier molecular flexibility index (Phi) is 41.0. The molecule has 0 aliphatic heterocycles. The predicted molar refractivity (Wildman–Crippen MR) is 69.8 cm³/mol. The van der Waals surface area contributed by atoms with Gasteiger partial charge in [0.15, 0.2) is 0 Å². The second kappa shape index (κ2) is 24.6. The zero-order valence-corrected chi connectivity index (χ0v) is 11.9. The number of hydrogen-bond acceptors (Lipinski definition) is 4. The number of hydrogen-bond donors (Lipinski definition) is 3. The summed E-state index contributed by atoms with van der Waals surface area (Å²) in [5.41, 5.74) is 0.220. The van der Waals surface area contributed by atoms with Crippen LogP contribution in [0.4, 0.5) is 0 Å². The fraction of sp³-hybridized carbons (Fsp3) is 0.364. The maximum Gasteiger partial charge on any atom is 0.0715 e. The molecule has 7 nitrogen and oxygen atoms in total. The van der Waals surface area contributed by atoms with Gasteiger partial charge in [-0.05, 0) is 5.56 Å². The minimum Gasteiger partial charge on any atom is -0.855 e. The largest absolute Gasteiger partial charge is 0.855 e. The molecule has 0 spiro atoms. The van der Waals surface area contributed by atoms with E-state index < -0.39 is 5.97 Å². The summed E-state index contributed by atoms with van der Waals surface area (Å²) in [6.45, 7) is 3.14. The molecular weight excluding hydrogens is 238 g/mol. The Labute approximate surface area is 108 Å². The van der Waals surface area contributed by atoms with Crippen molar-refractivity contribution in [1.29, 1.82) is 0 Å². The number of aromatic carboxylic acids is 1. The van der Waals surface area contributed by atoms with Crippen LogP contribution in [-0.4, -0.2) is 19.2 Å². The first-order valence-corrected chi connectivity index (χ1v) is 4.56. The second-order valence-electron chi connectivity index (χ2n) is 2.23. The summed E-state index contributed by atoms with van der Waals surface area (Å²) in [5, 5.41) is 28.0. The summed E-state index contributed by atoms with van der Waals surface area (Å²) in [6, 6.07) is 8.06. The summed E-state index contributed by atoms with van der Waals surface area (Å²) >= 11 is 0. The van der Waals surface area contributed by atoms with E-state index in [1.165, 1.54) is 12.1 Å². The number of carboxylic acids is 1. The molecule has 1 rings (SSSR count). The van der Waals surface area contributed by atoms with Crippen LogP contribution in [0.5, 0.6) is 0 Å². The molecule has 0 unspecified atom stereocenters. The van der Waals surface area contributed by atoms with E-state index in [2.05, 4.69) is 0 Å². The van der Waals surface area contributed by atoms with Crippen LogP contribution < -0.4 is 33.8 Å². The molecule has 110 valence electrons. The summed E-state index contributed by atoms with van der Waals surface area (Å²) in [5.74, 6) is -1.13. The summed E-state index contributed by atoms with van der Waals surface area (Å²) in [7, 11) is 0. The average molecular weight is 265 g/mol. The molecule has 0 radical (unpaired) electrons. The Hall–Kier alpha value is -1.51. The molecule has 1 aromatic rings. The number of rotatable bonds is 1. The van der Waals surface area contributed by atoms with Crippen molar-refractivity contribution < 1.29 is 20.1 Å². The van der Waals surface area contributed by atoms with Crippen molar-refractivity contribution in [3.05, 3.63) is 35.9 Å². The number of carboxylic acid groups (broad SMARTS) is 1. The van der Waals surface area contributed by atoms with Crippen molar-refractivity contribution in [3.63, 3.8) is 0 Å². The lowest BCUT2D eigenvalue weighted by molar-refractivity contribution is -0.362. The van der Waals surface area contributed by atoms with Gasteiger partial charge in [0.25, 0.3) is 0 Å². The number of carbonyl (C=O) groups excluding carboxylic acids is 1.